The van der Waals surface area contributed by atoms with Crippen LogP contribution in [-0.2, 0) is 11.3 Å². The molecule has 0 amide bonds. The molecule has 0 aliphatic rings. The average molecular weight is 409 g/mol. The van der Waals surface area contributed by atoms with Gasteiger partial charge in [-0.3, -0.25) is 4.98 Å². The van der Waals surface area contributed by atoms with Crippen LogP contribution >= 0.6 is 0 Å². The first-order valence-corrected chi connectivity index (χ1v) is 10.3. The van der Waals surface area contributed by atoms with Gasteiger partial charge in [-0.25, -0.2) is 0 Å². The highest BCUT2D eigenvalue weighted by atomic mass is 16.6. The number of nitrogens with zero attached hydrogens (tertiary/aromatic N) is 2. The van der Waals surface area contributed by atoms with Crippen LogP contribution in [-0.4, -0.2) is 23.9 Å². The van der Waals surface area contributed by atoms with Crippen LogP contribution in [0.3, 0.4) is 0 Å². The van der Waals surface area contributed by atoms with Gasteiger partial charge in [0.05, 0.1) is 5.71 Å². The summed E-state index contributed by atoms with van der Waals surface area (Å²) in [6.07, 6.45) is 4.24. The van der Waals surface area contributed by atoms with Crippen molar-refractivity contribution in [2.24, 2.45) is 5.16 Å². The van der Waals surface area contributed by atoms with Crippen molar-refractivity contribution in [2.45, 2.75) is 6.42 Å². The molecule has 31 heavy (non-hydrogen) atoms. The van der Waals surface area contributed by atoms with Crippen molar-refractivity contribution in [2.75, 3.05) is 13.2 Å². The molecular formula is C27H24N2O2. The van der Waals surface area contributed by atoms with Crippen LogP contribution in [0.4, 0.5) is 0 Å². The summed E-state index contributed by atoms with van der Waals surface area (Å²) >= 11 is 0. The van der Waals surface area contributed by atoms with Crippen LogP contribution in [0, 0.1) is 0 Å². The maximum atomic E-state index is 5.67. The Morgan fingerprint density at radius 3 is 2.03 bits per heavy atom. The number of para-hydroxylation sites is 1. The Bertz CT molecular complexity index is 1080. The molecule has 4 heteroatoms. The number of aromatic nitrogens is 1. The molecule has 4 nitrogen and oxygen atoms in total. The molecule has 0 N–H and O–H groups in total. The molecule has 4 rings (SSSR count). The highest BCUT2D eigenvalue weighted by Crippen LogP contribution is 2.20. The summed E-state index contributed by atoms with van der Waals surface area (Å²) in [4.78, 5) is 9.70. The highest BCUT2D eigenvalue weighted by Gasteiger charge is 2.08. The van der Waals surface area contributed by atoms with Gasteiger partial charge in [-0.15, -0.1) is 0 Å². The van der Waals surface area contributed by atoms with Crippen molar-refractivity contribution in [3.63, 3.8) is 0 Å². The molecule has 0 unspecified atom stereocenters. The predicted octanol–water partition coefficient (Wildman–Crippen LogP) is 5.79. The van der Waals surface area contributed by atoms with Crippen molar-refractivity contribution in [1.82, 2.24) is 4.98 Å². The second-order valence-electron chi connectivity index (χ2n) is 7.01. The second kappa shape index (κ2) is 10.7. The van der Waals surface area contributed by atoms with Gasteiger partial charge < -0.3 is 9.57 Å². The first-order valence-electron chi connectivity index (χ1n) is 10.3. The van der Waals surface area contributed by atoms with Crippen LogP contribution in [0.5, 0.6) is 5.75 Å². The minimum absolute atomic E-state index is 0.372. The molecule has 1 aromatic heterocycles. The number of benzene rings is 3. The van der Waals surface area contributed by atoms with Crippen LogP contribution in [0.1, 0.15) is 11.1 Å². The number of pyridine rings is 1. The minimum Gasteiger partial charge on any atom is -0.490 e. The molecule has 0 spiro atoms. The molecule has 0 bridgehead atoms. The maximum absolute atomic E-state index is 5.67. The lowest BCUT2D eigenvalue weighted by molar-refractivity contribution is 0.107. The molecule has 1 heterocycles. The summed E-state index contributed by atoms with van der Waals surface area (Å²) in [5, 5.41) is 4.44. The van der Waals surface area contributed by atoms with Crippen molar-refractivity contribution >= 4 is 5.71 Å². The SMILES string of the molecule is c1ccc(OCCO/N=C(\Cc2ccncc2)c2ccc(-c3ccccc3)cc2)cc1. The molecule has 0 aliphatic carbocycles. The fourth-order valence-corrected chi connectivity index (χ4v) is 3.20. The molecule has 0 saturated carbocycles. The Labute approximate surface area is 182 Å². The van der Waals surface area contributed by atoms with E-state index in [0.29, 0.717) is 19.6 Å². The van der Waals surface area contributed by atoms with E-state index in [1.54, 1.807) is 12.4 Å². The number of hydrogen-bond donors (Lipinski definition) is 0. The van der Waals surface area contributed by atoms with Gasteiger partial charge in [-0.1, -0.05) is 78.0 Å². The summed E-state index contributed by atoms with van der Waals surface area (Å²) in [5.74, 6) is 0.823. The van der Waals surface area contributed by atoms with Crippen LogP contribution in [0.2, 0.25) is 0 Å². The van der Waals surface area contributed by atoms with Crippen molar-refractivity contribution in [3.05, 3.63) is 121 Å². The molecule has 0 fully saturated rings. The predicted molar refractivity (Wildman–Crippen MR) is 124 cm³/mol. The molecule has 154 valence electrons. The molecule has 3 aromatic carbocycles. The van der Waals surface area contributed by atoms with E-state index in [1.807, 2.05) is 60.7 Å². The van der Waals surface area contributed by atoms with E-state index in [2.05, 4.69) is 46.5 Å². The van der Waals surface area contributed by atoms with Crippen molar-refractivity contribution in [1.29, 1.82) is 0 Å². The van der Waals surface area contributed by atoms with Gasteiger partial charge in [0, 0.05) is 18.8 Å². The topological polar surface area (TPSA) is 43.7 Å². The lowest BCUT2D eigenvalue weighted by atomic mass is 9.99. The number of hydrogen-bond acceptors (Lipinski definition) is 4. The monoisotopic (exact) mass is 408 g/mol. The standard InChI is InChI=1S/C27H24N2O2/c1-3-7-23(8-4-1)24-11-13-25(14-12-24)27(21-22-15-17-28-18-16-22)29-31-20-19-30-26-9-5-2-6-10-26/h1-18H,19-21H2/b29-27+. The lowest BCUT2D eigenvalue weighted by Crippen LogP contribution is -2.09. The van der Waals surface area contributed by atoms with Gasteiger partial charge in [-0.05, 0) is 46.5 Å². The zero-order valence-electron chi connectivity index (χ0n) is 17.2. The summed E-state index contributed by atoms with van der Waals surface area (Å²) in [6.45, 7) is 0.805. The number of ether oxygens (including phenoxy) is 1. The first kappa shape index (κ1) is 20.4. The van der Waals surface area contributed by atoms with E-state index in [-0.39, 0.29) is 0 Å². The van der Waals surface area contributed by atoms with E-state index in [9.17, 15) is 0 Å². The zero-order chi connectivity index (χ0) is 21.1. The minimum atomic E-state index is 0.372. The lowest BCUT2D eigenvalue weighted by Gasteiger charge is -2.10. The Morgan fingerprint density at radius 1 is 0.677 bits per heavy atom. The smallest absolute Gasteiger partial charge is 0.151 e. The van der Waals surface area contributed by atoms with E-state index in [0.717, 1.165) is 22.6 Å². The van der Waals surface area contributed by atoms with Gasteiger partial charge in [-0.2, -0.15) is 0 Å². The second-order valence-corrected chi connectivity index (χ2v) is 7.01. The van der Waals surface area contributed by atoms with Gasteiger partial charge in [0.2, 0.25) is 0 Å². The summed E-state index contributed by atoms with van der Waals surface area (Å²) < 4.78 is 5.67. The van der Waals surface area contributed by atoms with E-state index >= 15 is 0 Å². The molecule has 4 aromatic rings. The zero-order valence-corrected chi connectivity index (χ0v) is 17.2. The molecule has 0 aliphatic heterocycles. The van der Waals surface area contributed by atoms with Crippen LogP contribution < -0.4 is 4.74 Å². The van der Waals surface area contributed by atoms with E-state index in [1.165, 1.54) is 11.1 Å². The van der Waals surface area contributed by atoms with Crippen molar-refractivity contribution in [3.8, 4) is 16.9 Å². The largest absolute Gasteiger partial charge is 0.490 e. The Hall–Kier alpha value is -3.92. The third kappa shape index (κ3) is 6.03. The highest BCUT2D eigenvalue weighted by molar-refractivity contribution is 6.01. The Morgan fingerprint density at radius 2 is 1.32 bits per heavy atom. The fraction of sp³-hybridized carbons (Fsp3) is 0.111. The third-order valence-electron chi connectivity index (χ3n) is 4.81. The van der Waals surface area contributed by atoms with E-state index in [4.69, 9.17) is 9.57 Å². The molecule has 0 radical (unpaired) electrons. The maximum Gasteiger partial charge on any atom is 0.151 e. The molecule has 0 saturated heterocycles. The summed E-state index contributed by atoms with van der Waals surface area (Å²) in [5.41, 5.74) is 5.39. The number of rotatable bonds is 9. The van der Waals surface area contributed by atoms with Gasteiger partial charge in [0.25, 0.3) is 0 Å². The van der Waals surface area contributed by atoms with Crippen molar-refractivity contribution < 1.29 is 9.57 Å². The fourth-order valence-electron chi connectivity index (χ4n) is 3.20. The van der Waals surface area contributed by atoms with Gasteiger partial charge >= 0.3 is 0 Å². The third-order valence-corrected chi connectivity index (χ3v) is 4.81. The Balaban J connectivity index is 1.45. The summed E-state index contributed by atoms with van der Waals surface area (Å²) in [6, 6.07) is 32.4. The number of oxime groups is 1. The average Bonchev–Trinajstić information content (AvgIpc) is 2.85. The normalized spacial score (nSPS) is 11.2. The van der Waals surface area contributed by atoms with Gasteiger partial charge in [0.15, 0.2) is 6.61 Å². The van der Waals surface area contributed by atoms with Gasteiger partial charge in [0.1, 0.15) is 12.4 Å². The quantitative estimate of drug-likeness (QED) is 0.200. The Kier molecular flexibility index (Phi) is 7.05. The summed E-state index contributed by atoms with van der Waals surface area (Å²) in [7, 11) is 0. The van der Waals surface area contributed by atoms with Crippen LogP contribution in [0.25, 0.3) is 11.1 Å². The molecular weight excluding hydrogens is 384 g/mol. The first-order chi connectivity index (χ1) is 15.4. The van der Waals surface area contributed by atoms with E-state index < -0.39 is 0 Å². The van der Waals surface area contributed by atoms with Crippen LogP contribution in [0.15, 0.2) is 115 Å². The molecule has 0 atom stereocenters.